The van der Waals surface area contributed by atoms with E-state index in [1.165, 1.54) is 0 Å². The molecular formula is C16H24N2O4. The van der Waals surface area contributed by atoms with Crippen molar-refractivity contribution in [1.82, 2.24) is 10.6 Å². The zero-order chi connectivity index (χ0) is 16.6. The fourth-order valence-electron chi connectivity index (χ4n) is 1.76. The summed E-state index contributed by atoms with van der Waals surface area (Å²) < 4.78 is 5.12. The lowest BCUT2D eigenvalue weighted by molar-refractivity contribution is -0.123. The van der Waals surface area contributed by atoms with E-state index >= 15 is 0 Å². The van der Waals surface area contributed by atoms with Gasteiger partial charge in [-0.15, -0.1) is 0 Å². The summed E-state index contributed by atoms with van der Waals surface area (Å²) in [5.41, 5.74) is 0.310. The van der Waals surface area contributed by atoms with E-state index in [1.807, 2.05) is 30.3 Å². The number of nitrogens with one attached hydrogen (secondary N) is 2. The minimum Gasteiger partial charge on any atom is -0.444 e. The van der Waals surface area contributed by atoms with Crippen LogP contribution < -0.4 is 10.6 Å². The van der Waals surface area contributed by atoms with Gasteiger partial charge < -0.3 is 20.5 Å². The summed E-state index contributed by atoms with van der Waals surface area (Å²) in [6, 6.07) is 8.61. The second-order valence-electron chi connectivity index (χ2n) is 5.91. The number of ether oxygens (including phenoxy) is 1. The van der Waals surface area contributed by atoms with Crippen molar-refractivity contribution in [3.8, 4) is 0 Å². The Labute approximate surface area is 130 Å². The Hall–Kier alpha value is -2.08. The van der Waals surface area contributed by atoms with Gasteiger partial charge in [0.2, 0.25) is 5.91 Å². The molecule has 1 aromatic rings. The number of hydrogen-bond acceptors (Lipinski definition) is 4. The van der Waals surface area contributed by atoms with Gasteiger partial charge in [0.25, 0.3) is 0 Å². The van der Waals surface area contributed by atoms with E-state index in [-0.39, 0.29) is 18.9 Å². The molecule has 0 radical (unpaired) electrons. The zero-order valence-electron chi connectivity index (χ0n) is 13.3. The van der Waals surface area contributed by atoms with Crippen LogP contribution in [0, 0.1) is 0 Å². The zero-order valence-corrected chi connectivity index (χ0v) is 13.3. The topological polar surface area (TPSA) is 87.7 Å². The maximum Gasteiger partial charge on any atom is 0.408 e. The molecule has 0 fully saturated rings. The van der Waals surface area contributed by atoms with Gasteiger partial charge in [-0.3, -0.25) is 4.79 Å². The summed E-state index contributed by atoms with van der Waals surface area (Å²) in [4.78, 5) is 23.8. The molecule has 0 saturated heterocycles. The molecule has 3 N–H and O–H groups in total. The average Bonchev–Trinajstić information content (AvgIpc) is 2.43. The van der Waals surface area contributed by atoms with Crippen LogP contribution in [-0.4, -0.2) is 35.4 Å². The number of aliphatic hydroxyl groups is 1. The smallest absolute Gasteiger partial charge is 0.408 e. The van der Waals surface area contributed by atoms with E-state index in [1.54, 1.807) is 20.8 Å². The molecule has 0 heterocycles. The van der Waals surface area contributed by atoms with Gasteiger partial charge >= 0.3 is 6.09 Å². The maximum absolute atomic E-state index is 12.1. The standard InChI is InChI=1S/C16H24N2O4/c1-16(2,3)22-15(21)18-13(9-10-19)14(20)17-11-12-7-5-4-6-8-12/h4-8,13,19H,9-11H2,1-3H3,(H,17,20)(H,18,21)/t13-/m1/s1. The Bertz CT molecular complexity index is 483. The molecule has 1 atom stereocenters. The highest BCUT2D eigenvalue weighted by molar-refractivity contribution is 5.85. The first kappa shape index (κ1) is 18.0. The van der Waals surface area contributed by atoms with Crippen molar-refractivity contribution in [3.05, 3.63) is 35.9 Å². The van der Waals surface area contributed by atoms with E-state index in [9.17, 15) is 9.59 Å². The molecule has 0 aromatic heterocycles. The third-order valence-electron chi connectivity index (χ3n) is 2.73. The Morgan fingerprint density at radius 1 is 1.23 bits per heavy atom. The average molecular weight is 308 g/mol. The molecule has 22 heavy (non-hydrogen) atoms. The number of aliphatic hydroxyl groups excluding tert-OH is 1. The number of benzene rings is 1. The first-order valence-electron chi connectivity index (χ1n) is 7.24. The highest BCUT2D eigenvalue weighted by Gasteiger charge is 2.23. The van der Waals surface area contributed by atoms with Crippen LogP contribution in [0.25, 0.3) is 0 Å². The first-order chi connectivity index (χ1) is 10.3. The van der Waals surface area contributed by atoms with Crippen molar-refractivity contribution >= 4 is 12.0 Å². The van der Waals surface area contributed by atoms with E-state index in [0.29, 0.717) is 6.54 Å². The van der Waals surface area contributed by atoms with Crippen molar-refractivity contribution in [2.24, 2.45) is 0 Å². The van der Waals surface area contributed by atoms with Crippen molar-refractivity contribution in [3.63, 3.8) is 0 Å². The molecule has 6 nitrogen and oxygen atoms in total. The summed E-state index contributed by atoms with van der Waals surface area (Å²) >= 11 is 0. The third-order valence-corrected chi connectivity index (χ3v) is 2.73. The summed E-state index contributed by atoms with van der Waals surface area (Å²) in [5.74, 6) is -0.358. The Morgan fingerprint density at radius 2 is 1.86 bits per heavy atom. The van der Waals surface area contributed by atoms with Gasteiger partial charge in [0, 0.05) is 13.2 Å². The Kier molecular flexibility index (Phi) is 6.85. The number of amides is 2. The highest BCUT2D eigenvalue weighted by Crippen LogP contribution is 2.07. The van der Waals surface area contributed by atoms with Crippen LogP contribution >= 0.6 is 0 Å². The molecule has 0 unspecified atom stereocenters. The highest BCUT2D eigenvalue weighted by atomic mass is 16.6. The van der Waals surface area contributed by atoms with E-state index in [4.69, 9.17) is 9.84 Å². The number of carbonyl (C=O) groups excluding carboxylic acids is 2. The maximum atomic E-state index is 12.1. The molecule has 6 heteroatoms. The normalized spacial score (nSPS) is 12.4. The Balaban J connectivity index is 2.54. The third kappa shape index (κ3) is 7.08. The van der Waals surface area contributed by atoms with Crippen LogP contribution in [-0.2, 0) is 16.1 Å². The minimum atomic E-state index is -0.830. The van der Waals surface area contributed by atoms with Crippen LogP contribution in [0.1, 0.15) is 32.8 Å². The molecule has 0 saturated carbocycles. The lowest BCUT2D eigenvalue weighted by atomic mass is 10.2. The largest absolute Gasteiger partial charge is 0.444 e. The predicted octanol–water partition coefficient (Wildman–Crippen LogP) is 1.58. The minimum absolute atomic E-state index is 0.125. The van der Waals surface area contributed by atoms with Gasteiger partial charge in [-0.2, -0.15) is 0 Å². The fourth-order valence-corrected chi connectivity index (χ4v) is 1.76. The quantitative estimate of drug-likeness (QED) is 0.744. The number of rotatable bonds is 6. The van der Waals surface area contributed by atoms with Crippen LogP contribution in [0.15, 0.2) is 30.3 Å². The SMILES string of the molecule is CC(C)(C)OC(=O)N[C@H](CCO)C(=O)NCc1ccccc1. The van der Waals surface area contributed by atoms with E-state index in [0.717, 1.165) is 5.56 Å². The van der Waals surface area contributed by atoms with Gasteiger partial charge in [0.15, 0.2) is 0 Å². The van der Waals surface area contributed by atoms with Crippen LogP contribution in [0.5, 0.6) is 0 Å². The van der Waals surface area contributed by atoms with Gasteiger partial charge in [-0.05, 0) is 32.8 Å². The molecule has 0 aliphatic heterocycles. The molecular weight excluding hydrogens is 284 g/mol. The second-order valence-corrected chi connectivity index (χ2v) is 5.91. The molecule has 0 bridgehead atoms. The van der Waals surface area contributed by atoms with Gasteiger partial charge in [0.1, 0.15) is 11.6 Å². The van der Waals surface area contributed by atoms with Crippen LogP contribution in [0.2, 0.25) is 0 Å². The van der Waals surface area contributed by atoms with Crippen molar-refractivity contribution < 1.29 is 19.4 Å². The lowest BCUT2D eigenvalue weighted by Gasteiger charge is -2.23. The van der Waals surface area contributed by atoms with Crippen molar-refractivity contribution in [2.45, 2.75) is 45.4 Å². The number of alkyl carbamates (subject to hydrolysis) is 1. The summed E-state index contributed by atoms with van der Waals surface area (Å²) in [7, 11) is 0. The van der Waals surface area contributed by atoms with Gasteiger partial charge in [0.05, 0.1) is 0 Å². The Morgan fingerprint density at radius 3 is 2.41 bits per heavy atom. The van der Waals surface area contributed by atoms with E-state index < -0.39 is 17.7 Å². The number of carbonyl (C=O) groups is 2. The first-order valence-corrected chi connectivity index (χ1v) is 7.24. The molecule has 1 rings (SSSR count). The summed E-state index contributed by atoms with van der Waals surface area (Å²) in [6.07, 6.45) is -0.555. The molecule has 0 spiro atoms. The van der Waals surface area contributed by atoms with Gasteiger partial charge in [-0.25, -0.2) is 4.79 Å². The van der Waals surface area contributed by atoms with Crippen molar-refractivity contribution in [1.29, 1.82) is 0 Å². The van der Waals surface area contributed by atoms with Gasteiger partial charge in [-0.1, -0.05) is 30.3 Å². The molecule has 2 amide bonds. The van der Waals surface area contributed by atoms with Crippen molar-refractivity contribution in [2.75, 3.05) is 6.61 Å². The fraction of sp³-hybridized carbons (Fsp3) is 0.500. The number of hydrogen-bond donors (Lipinski definition) is 3. The summed E-state index contributed by atoms with van der Waals surface area (Å²) in [6.45, 7) is 5.37. The summed E-state index contributed by atoms with van der Waals surface area (Å²) in [5, 5.41) is 14.3. The molecule has 122 valence electrons. The lowest BCUT2D eigenvalue weighted by Crippen LogP contribution is -2.48. The molecule has 0 aliphatic rings. The predicted molar refractivity (Wildman–Crippen MR) is 83.1 cm³/mol. The molecule has 1 aromatic carbocycles. The second kappa shape index (κ2) is 8.38. The van der Waals surface area contributed by atoms with E-state index in [2.05, 4.69) is 10.6 Å². The van der Waals surface area contributed by atoms with Crippen LogP contribution in [0.4, 0.5) is 4.79 Å². The van der Waals surface area contributed by atoms with Crippen LogP contribution in [0.3, 0.4) is 0 Å². The molecule has 0 aliphatic carbocycles. The monoisotopic (exact) mass is 308 g/mol.